The maximum Gasteiger partial charge on any atom is 0.239 e. The summed E-state index contributed by atoms with van der Waals surface area (Å²) in [5, 5.41) is 9.13. The van der Waals surface area contributed by atoms with Crippen LogP contribution in [0.3, 0.4) is 0 Å². The van der Waals surface area contributed by atoms with E-state index in [0.29, 0.717) is 11.6 Å². The average molecular weight is 361 g/mol. The van der Waals surface area contributed by atoms with Gasteiger partial charge in [0.2, 0.25) is 11.8 Å². The molecule has 6 nitrogen and oxygen atoms in total. The van der Waals surface area contributed by atoms with Gasteiger partial charge in [-0.1, -0.05) is 24.9 Å². The van der Waals surface area contributed by atoms with Crippen LogP contribution >= 0.6 is 11.8 Å². The molecule has 7 heteroatoms. The molecular weight excluding hydrogens is 338 g/mol. The Morgan fingerprint density at radius 2 is 1.96 bits per heavy atom. The van der Waals surface area contributed by atoms with Crippen LogP contribution in [0.2, 0.25) is 0 Å². The van der Waals surface area contributed by atoms with E-state index < -0.39 is 0 Å². The number of thioether (sulfide) groups is 1. The van der Waals surface area contributed by atoms with Crippen molar-refractivity contribution in [2.24, 2.45) is 0 Å². The van der Waals surface area contributed by atoms with E-state index in [4.69, 9.17) is 4.52 Å². The van der Waals surface area contributed by atoms with Crippen LogP contribution in [0.4, 0.5) is 11.5 Å². The molecule has 0 saturated carbocycles. The highest BCUT2D eigenvalue weighted by molar-refractivity contribution is 8.00. The molecule has 2 N–H and O–H groups in total. The Morgan fingerprint density at radius 3 is 2.52 bits per heavy atom. The zero-order valence-corrected chi connectivity index (χ0v) is 15.5. The third-order valence-electron chi connectivity index (χ3n) is 3.44. The van der Waals surface area contributed by atoms with Crippen molar-refractivity contribution in [3.05, 3.63) is 36.1 Å². The Hall–Kier alpha value is -2.28. The monoisotopic (exact) mass is 361 g/mol. The van der Waals surface area contributed by atoms with Gasteiger partial charge in [-0.3, -0.25) is 9.59 Å². The number of unbranched alkanes of at least 4 members (excludes halogenated alkanes) is 1. The standard InChI is InChI=1S/C18H23N3O3S/c1-4-5-6-16(18(23)20-17-11-12(2)24-21-17)25-15-9-7-14(8-10-15)19-13(3)22/h7-11,16H,4-6H2,1-3H3,(H,19,22)(H,20,21,23). The van der Waals surface area contributed by atoms with Gasteiger partial charge < -0.3 is 15.2 Å². The SMILES string of the molecule is CCCCC(Sc1ccc(NC(C)=O)cc1)C(=O)Nc1cc(C)on1. The number of amides is 2. The quantitative estimate of drug-likeness (QED) is 0.687. The molecule has 0 aliphatic carbocycles. The normalized spacial score (nSPS) is 11.8. The molecule has 0 spiro atoms. The summed E-state index contributed by atoms with van der Waals surface area (Å²) >= 11 is 1.51. The van der Waals surface area contributed by atoms with Crippen molar-refractivity contribution in [1.82, 2.24) is 5.16 Å². The van der Waals surface area contributed by atoms with Gasteiger partial charge in [0, 0.05) is 23.6 Å². The number of carbonyl (C=O) groups is 2. The molecule has 0 radical (unpaired) electrons. The summed E-state index contributed by atoms with van der Waals surface area (Å²) in [6.07, 6.45) is 2.76. The molecule has 1 heterocycles. The van der Waals surface area contributed by atoms with Gasteiger partial charge in [-0.15, -0.1) is 11.8 Å². The summed E-state index contributed by atoms with van der Waals surface area (Å²) in [6, 6.07) is 9.17. The molecule has 2 aromatic rings. The van der Waals surface area contributed by atoms with Crippen molar-refractivity contribution in [2.45, 2.75) is 50.2 Å². The van der Waals surface area contributed by atoms with Gasteiger partial charge in [-0.2, -0.15) is 0 Å². The Kier molecular flexibility index (Phi) is 7.06. The molecule has 1 unspecified atom stereocenters. The van der Waals surface area contributed by atoms with Gasteiger partial charge >= 0.3 is 0 Å². The zero-order chi connectivity index (χ0) is 18.2. The van der Waals surface area contributed by atoms with E-state index in [2.05, 4.69) is 22.7 Å². The molecule has 134 valence electrons. The Bertz CT molecular complexity index is 713. The number of hydrogen-bond acceptors (Lipinski definition) is 5. The highest BCUT2D eigenvalue weighted by Gasteiger charge is 2.20. The van der Waals surface area contributed by atoms with Crippen LogP contribution in [0.5, 0.6) is 0 Å². The predicted octanol–water partition coefficient (Wildman–Crippen LogP) is 4.23. The Morgan fingerprint density at radius 1 is 1.24 bits per heavy atom. The van der Waals surface area contributed by atoms with Crippen molar-refractivity contribution in [2.75, 3.05) is 10.6 Å². The Balaban J connectivity index is 2.03. The number of benzene rings is 1. The molecular formula is C18H23N3O3S. The number of aromatic nitrogens is 1. The van der Waals surface area contributed by atoms with Crippen molar-refractivity contribution < 1.29 is 14.1 Å². The second kappa shape index (κ2) is 9.27. The lowest BCUT2D eigenvalue weighted by Gasteiger charge is -2.15. The van der Waals surface area contributed by atoms with Crippen molar-refractivity contribution in [3.63, 3.8) is 0 Å². The topological polar surface area (TPSA) is 84.2 Å². The molecule has 0 aliphatic rings. The highest BCUT2D eigenvalue weighted by atomic mass is 32.2. The molecule has 1 aromatic carbocycles. The summed E-state index contributed by atoms with van der Waals surface area (Å²) in [4.78, 5) is 24.6. The van der Waals surface area contributed by atoms with E-state index in [1.165, 1.54) is 18.7 Å². The number of carbonyl (C=O) groups excluding carboxylic acids is 2. The van der Waals surface area contributed by atoms with Crippen molar-refractivity contribution in [3.8, 4) is 0 Å². The van der Waals surface area contributed by atoms with Crippen LogP contribution in [0.15, 0.2) is 39.8 Å². The second-order valence-electron chi connectivity index (χ2n) is 5.77. The minimum absolute atomic E-state index is 0.0855. The van der Waals surface area contributed by atoms with Gasteiger partial charge in [0.05, 0.1) is 5.25 Å². The summed E-state index contributed by atoms with van der Waals surface area (Å²) in [5.74, 6) is 0.897. The largest absolute Gasteiger partial charge is 0.360 e. The molecule has 1 atom stereocenters. The van der Waals surface area contributed by atoms with Crippen LogP contribution in [0.25, 0.3) is 0 Å². The lowest BCUT2D eigenvalue weighted by Crippen LogP contribution is -2.25. The number of nitrogens with one attached hydrogen (secondary N) is 2. The summed E-state index contributed by atoms with van der Waals surface area (Å²) in [5.41, 5.74) is 0.740. The number of hydrogen-bond donors (Lipinski definition) is 2. The van der Waals surface area contributed by atoms with E-state index in [0.717, 1.165) is 29.8 Å². The summed E-state index contributed by atoms with van der Waals surface area (Å²) in [7, 11) is 0. The molecule has 0 aliphatic heterocycles. The van der Waals surface area contributed by atoms with Crippen LogP contribution in [-0.4, -0.2) is 22.2 Å². The first-order chi connectivity index (χ1) is 12.0. The summed E-state index contributed by atoms with van der Waals surface area (Å²) < 4.78 is 4.98. The molecule has 25 heavy (non-hydrogen) atoms. The van der Waals surface area contributed by atoms with Crippen LogP contribution in [-0.2, 0) is 9.59 Å². The first-order valence-corrected chi connectivity index (χ1v) is 9.14. The molecule has 0 fully saturated rings. The fourth-order valence-corrected chi connectivity index (χ4v) is 3.32. The van der Waals surface area contributed by atoms with Crippen LogP contribution < -0.4 is 10.6 Å². The first-order valence-electron chi connectivity index (χ1n) is 8.26. The van der Waals surface area contributed by atoms with Crippen LogP contribution in [0, 0.1) is 6.92 Å². The van der Waals surface area contributed by atoms with E-state index in [9.17, 15) is 9.59 Å². The predicted molar refractivity (Wildman–Crippen MR) is 99.8 cm³/mol. The van der Waals surface area contributed by atoms with E-state index in [1.54, 1.807) is 13.0 Å². The smallest absolute Gasteiger partial charge is 0.239 e. The van der Waals surface area contributed by atoms with Gasteiger partial charge in [-0.25, -0.2) is 0 Å². The maximum atomic E-state index is 12.6. The fraction of sp³-hybridized carbons (Fsp3) is 0.389. The molecule has 0 bridgehead atoms. The third-order valence-corrected chi connectivity index (χ3v) is 4.72. The van der Waals surface area contributed by atoms with Crippen molar-refractivity contribution >= 4 is 35.1 Å². The lowest BCUT2D eigenvalue weighted by atomic mass is 10.2. The first kappa shape index (κ1) is 19.1. The minimum atomic E-state index is -0.219. The lowest BCUT2D eigenvalue weighted by molar-refractivity contribution is -0.116. The molecule has 1 aromatic heterocycles. The van der Waals surface area contributed by atoms with E-state index >= 15 is 0 Å². The third kappa shape index (κ3) is 6.26. The van der Waals surface area contributed by atoms with Gasteiger partial charge in [-0.05, 0) is 37.6 Å². The maximum absolute atomic E-state index is 12.6. The summed E-state index contributed by atoms with van der Waals surface area (Å²) in [6.45, 7) is 5.35. The Labute approximate surface area is 151 Å². The number of anilines is 2. The second-order valence-corrected chi connectivity index (χ2v) is 7.04. The van der Waals surface area contributed by atoms with Gasteiger partial charge in [0.25, 0.3) is 0 Å². The van der Waals surface area contributed by atoms with Gasteiger partial charge in [0.1, 0.15) is 5.76 Å². The number of rotatable bonds is 8. The van der Waals surface area contributed by atoms with Gasteiger partial charge in [0.15, 0.2) is 5.82 Å². The molecule has 0 saturated heterocycles. The minimum Gasteiger partial charge on any atom is -0.360 e. The zero-order valence-electron chi connectivity index (χ0n) is 14.7. The highest BCUT2D eigenvalue weighted by Crippen LogP contribution is 2.29. The average Bonchev–Trinajstić information content (AvgIpc) is 2.97. The van der Waals surface area contributed by atoms with E-state index in [1.807, 2.05) is 24.3 Å². The molecule has 2 rings (SSSR count). The van der Waals surface area contributed by atoms with Crippen LogP contribution in [0.1, 0.15) is 38.9 Å². The van der Waals surface area contributed by atoms with Crippen molar-refractivity contribution in [1.29, 1.82) is 0 Å². The van der Waals surface area contributed by atoms with E-state index in [-0.39, 0.29) is 17.1 Å². The number of aryl methyl sites for hydroxylation is 1. The number of nitrogens with zero attached hydrogens (tertiary/aromatic N) is 1. The molecule has 2 amide bonds. The fourth-order valence-electron chi connectivity index (χ4n) is 2.25.